The predicted octanol–water partition coefficient (Wildman–Crippen LogP) is 2.01. The molecule has 0 aromatic heterocycles. The van der Waals surface area contributed by atoms with E-state index >= 15 is 0 Å². The minimum Gasteiger partial charge on any atom is -0.394 e. The average molecular weight is 244 g/mol. The van der Waals surface area contributed by atoms with E-state index in [1.807, 2.05) is 32.2 Å². The van der Waals surface area contributed by atoms with E-state index in [1.54, 1.807) is 0 Å². The van der Waals surface area contributed by atoms with Crippen LogP contribution in [0.5, 0.6) is 0 Å². The van der Waals surface area contributed by atoms with Crippen molar-refractivity contribution in [3.63, 3.8) is 0 Å². The zero-order valence-corrected chi connectivity index (χ0v) is 9.43. The molecule has 0 saturated carbocycles. The normalized spacial score (nSPS) is 12.9. The van der Waals surface area contributed by atoms with Gasteiger partial charge in [-0.05, 0) is 31.2 Å². The predicted molar refractivity (Wildman–Crippen MR) is 57.8 cm³/mol. The molecule has 0 aliphatic carbocycles. The fourth-order valence-electron chi connectivity index (χ4n) is 1.35. The van der Waals surface area contributed by atoms with E-state index in [1.165, 1.54) is 5.56 Å². The Morgan fingerprint density at radius 1 is 1.54 bits per heavy atom. The Bertz CT molecular complexity index is 284. The number of benzene rings is 1. The standard InChI is InChI=1S/C10H14BrNO/c1-7-8(10(6-13)12-2)4-3-5-9(7)11/h3-5,10,12-13H,6H2,1-2H3/t10-/m0/s1. The highest BCUT2D eigenvalue weighted by atomic mass is 79.9. The fraction of sp³-hybridized carbons (Fsp3) is 0.400. The van der Waals surface area contributed by atoms with Crippen molar-refractivity contribution in [1.82, 2.24) is 5.32 Å². The highest BCUT2D eigenvalue weighted by molar-refractivity contribution is 9.10. The van der Waals surface area contributed by atoms with Gasteiger partial charge in [-0.2, -0.15) is 0 Å². The van der Waals surface area contributed by atoms with Gasteiger partial charge < -0.3 is 10.4 Å². The second-order valence-corrected chi connectivity index (χ2v) is 3.83. The molecule has 1 aromatic carbocycles. The van der Waals surface area contributed by atoms with Crippen LogP contribution in [0.3, 0.4) is 0 Å². The maximum absolute atomic E-state index is 9.12. The maximum Gasteiger partial charge on any atom is 0.0626 e. The molecule has 1 rings (SSSR count). The van der Waals surface area contributed by atoms with Gasteiger partial charge in [-0.3, -0.25) is 0 Å². The quantitative estimate of drug-likeness (QED) is 0.852. The first-order valence-electron chi connectivity index (χ1n) is 4.23. The van der Waals surface area contributed by atoms with Crippen LogP contribution in [0.4, 0.5) is 0 Å². The highest BCUT2D eigenvalue weighted by Gasteiger charge is 2.11. The van der Waals surface area contributed by atoms with Gasteiger partial charge in [0.25, 0.3) is 0 Å². The van der Waals surface area contributed by atoms with Crippen molar-refractivity contribution < 1.29 is 5.11 Å². The summed E-state index contributed by atoms with van der Waals surface area (Å²) in [7, 11) is 1.85. The van der Waals surface area contributed by atoms with Crippen molar-refractivity contribution in [2.24, 2.45) is 0 Å². The monoisotopic (exact) mass is 243 g/mol. The Kier molecular flexibility index (Phi) is 3.90. The summed E-state index contributed by atoms with van der Waals surface area (Å²) < 4.78 is 1.08. The molecule has 0 spiro atoms. The van der Waals surface area contributed by atoms with Crippen LogP contribution in [0.25, 0.3) is 0 Å². The SMILES string of the molecule is CN[C@@H](CO)c1cccc(Br)c1C. The van der Waals surface area contributed by atoms with Gasteiger partial charge in [-0.1, -0.05) is 28.1 Å². The molecule has 72 valence electrons. The van der Waals surface area contributed by atoms with Crippen LogP contribution in [0, 0.1) is 6.92 Å². The van der Waals surface area contributed by atoms with Crippen LogP contribution in [-0.2, 0) is 0 Å². The van der Waals surface area contributed by atoms with E-state index in [2.05, 4.69) is 21.2 Å². The zero-order chi connectivity index (χ0) is 9.84. The van der Waals surface area contributed by atoms with Crippen molar-refractivity contribution in [3.8, 4) is 0 Å². The van der Waals surface area contributed by atoms with Gasteiger partial charge in [0.1, 0.15) is 0 Å². The second-order valence-electron chi connectivity index (χ2n) is 2.98. The van der Waals surface area contributed by atoms with E-state index in [4.69, 9.17) is 5.11 Å². The average Bonchev–Trinajstić information content (AvgIpc) is 2.14. The molecule has 0 aliphatic rings. The Morgan fingerprint density at radius 3 is 2.77 bits per heavy atom. The summed E-state index contributed by atoms with van der Waals surface area (Å²) in [6.07, 6.45) is 0. The molecule has 1 aromatic rings. The van der Waals surface area contributed by atoms with Crippen LogP contribution in [0.1, 0.15) is 17.2 Å². The molecule has 1 atom stereocenters. The lowest BCUT2D eigenvalue weighted by Crippen LogP contribution is -2.20. The number of hydrogen-bond acceptors (Lipinski definition) is 2. The molecular weight excluding hydrogens is 230 g/mol. The first-order chi connectivity index (χ1) is 6.20. The summed E-state index contributed by atoms with van der Waals surface area (Å²) in [5.74, 6) is 0. The molecule has 0 heterocycles. The maximum atomic E-state index is 9.12. The Hall–Kier alpha value is -0.380. The van der Waals surface area contributed by atoms with Gasteiger partial charge >= 0.3 is 0 Å². The van der Waals surface area contributed by atoms with Crippen LogP contribution < -0.4 is 5.32 Å². The topological polar surface area (TPSA) is 32.3 Å². The molecule has 2 nitrogen and oxygen atoms in total. The summed E-state index contributed by atoms with van der Waals surface area (Å²) >= 11 is 3.46. The summed E-state index contributed by atoms with van der Waals surface area (Å²) in [6, 6.07) is 6.03. The molecule has 2 N–H and O–H groups in total. The molecule has 0 radical (unpaired) electrons. The first-order valence-corrected chi connectivity index (χ1v) is 5.03. The number of nitrogens with one attached hydrogen (secondary N) is 1. The van der Waals surface area contributed by atoms with Crippen LogP contribution >= 0.6 is 15.9 Å². The first kappa shape index (κ1) is 10.7. The van der Waals surface area contributed by atoms with Crippen molar-refractivity contribution >= 4 is 15.9 Å². The van der Waals surface area contributed by atoms with Gasteiger partial charge in [-0.25, -0.2) is 0 Å². The number of rotatable bonds is 3. The zero-order valence-electron chi connectivity index (χ0n) is 7.84. The number of halogens is 1. The second kappa shape index (κ2) is 4.74. The number of aliphatic hydroxyl groups excluding tert-OH is 1. The van der Waals surface area contributed by atoms with Gasteiger partial charge in [0.05, 0.1) is 12.6 Å². The van der Waals surface area contributed by atoms with Crippen LogP contribution in [-0.4, -0.2) is 18.8 Å². The molecular formula is C10H14BrNO. The number of aliphatic hydroxyl groups is 1. The van der Waals surface area contributed by atoms with Crippen molar-refractivity contribution in [2.45, 2.75) is 13.0 Å². The van der Waals surface area contributed by atoms with Gasteiger partial charge in [0.2, 0.25) is 0 Å². The van der Waals surface area contributed by atoms with E-state index in [-0.39, 0.29) is 12.6 Å². The minimum absolute atomic E-state index is 0.0255. The molecule has 0 fully saturated rings. The number of hydrogen-bond donors (Lipinski definition) is 2. The molecule has 13 heavy (non-hydrogen) atoms. The molecule has 0 aliphatic heterocycles. The lowest BCUT2D eigenvalue weighted by molar-refractivity contribution is 0.250. The Labute approximate surface area is 87.1 Å². The summed E-state index contributed by atoms with van der Waals surface area (Å²) in [4.78, 5) is 0. The van der Waals surface area contributed by atoms with Crippen LogP contribution in [0.2, 0.25) is 0 Å². The summed E-state index contributed by atoms with van der Waals surface area (Å²) in [5, 5.41) is 12.2. The largest absolute Gasteiger partial charge is 0.394 e. The lowest BCUT2D eigenvalue weighted by atomic mass is 10.0. The van der Waals surface area contributed by atoms with Gasteiger partial charge in [-0.15, -0.1) is 0 Å². The summed E-state index contributed by atoms with van der Waals surface area (Å²) in [5.41, 5.74) is 2.32. The van der Waals surface area contributed by atoms with Gasteiger partial charge in [0.15, 0.2) is 0 Å². The summed E-state index contributed by atoms with van der Waals surface area (Å²) in [6.45, 7) is 2.16. The lowest BCUT2D eigenvalue weighted by Gasteiger charge is -2.16. The van der Waals surface area contributed by atoms with Crippen molar-refractivity contribution in [3.05, 3.63) is 33.8 Å². The fourth-order valence-corrected chi connectivity index (χ4v) is 1.73. The number of likely N-dealkylation sites (N-methyl/N-ethyl adjacent to an activating group) is 1. The highest BCUT2D eigenvalue weighted by Crippen LogP contribution is 2.23. The molecule has 3 heteroatoms. The smallest absolute Gasteiger partial charge is 0.0626 e. The van der Waals surface area contributed by atoms with E-state index in [0.29, 0.717) is 0 Å². The Balaban J connectivity index is 3.05. The minimum atomic E-state index is 0.0255. The molecule has 0 bridgehead atoms. The molecule has 0 saturated heterocycles. The molecule has 0 amide bonds. The third-order valence-corrected chi connectivity index (χ3v) is 3.08. The van der Waals surface area contributed by atoms with E-state index < -0.39 is 0 Å². The third kappa shape index (κ3) is 2.30. The van der Waals surface area contributed by atoms with E-state index in [9.17, 15) is 0 Å². The molecule has 0 unspecified atom stereocenters. The van der Waals surface area contributed by atoms with Crippen LogP contribution in [0.15, 0.2) is 22.7 Å². The Morgan fingerprint density at radius 2 is 2.23 bits per heavy atom. The van der Waals surface area contributed by atoms with Crippen molar-refractivity contribution in [1.29, 1.82) is 0 Å². The third-order valence-electron chi connectivity index (χ3n) is 2.22. The van der Waals surface area contributed by atoms with Crippen molar-refractivity contribution in [2.75, 3.05) is 13.7 Å². The van der Waals surface area contributed by atoms with E-state index in [0.717, 1.165) is 10.0 Å². The van der Waals surface area contributed by atoms with Gasteiger partial charge in [0, 0.05) is 4.47 Å².